The summed E-state index contributed by atoms with van der Waals surface area (Å²) in [6.45, 7) is 0.245. The van der Waals surface area contributed by atoms with Crippen LogP contribution in [0.2, 0.25) is 0 Å². The average molecular weight is 391 g/mol. The van der Waals surface area contributed by atoms with Crippen LogP contribution in [0, 0.1) is 0 Å². The Morgan fingerprint density at radius 1 is 1.22 bits per heavy atom. The molecular formula is C18H21N3O5S. The lowest BCUT2D eigenvalue weighted by Gasteiger charge is -2.11. The minimum absolute atomic E-state index is 0.0137. The first kappa shape index (κ1) is 19.1. The third-order valence-corrected chi connectivity index (χ3v) is 5.65. The molecule has 8 nitrogen and oxygen atoms in total. The lowest BCUT2D eigenvalue weighted by Crippen LogP contribution is -2.30. The largest absolute Gasteiger partial charge is 0.467 e. The van der Waals surface area contributed by atoms with Gasteiger partial charge in [-0.25, -0.2) is 13.1 Å². The van der Waals surface area contributed by atoms with Gasteiger partial charge < -0.3 is 15.1 Å². The molecule has 0 saturated carbocycles. The summed E-state index contributed by atoms with van der Waals surface area (Å²) in [5.41, 5.74) is 1.44. The highest BCUT2D eigenvalue weighted by Gasteiger charge is 2.19. The van der Waals surface area contributed by atoms with Gasteiger partial charge in [-0.05, 0) is 48.7 Å². The first-order valence-electron chi connectivity index (χ1n) is 8.65. The van der Waals surface area contributed by atoms with Crippen LogP contribution in [0.3, 0.4) is 0 Å². The van der Waals surface area contributed by atoms with Crippen molar-refractivity contribution in [3.8, 4) is 0 Å². The predicted molar refractivity (Wildman–Crippen MR) is 98.4 cm³/mol. The number of hydrogen-bond donors (Lipinski definition) is 3. The highest BCUT2D eigenvalue weighted by atomic mass is 32.2. The Morgan fingerprint density at radius 2 is 2.07 bits per heavy atom. The van der Waals surface area contributed by atoms with Crippen molar-refractivity contribution in [2.45, 2.75) is 37.1 Å². The van der Waals surface area contributed by atoms with Crippen molar-refractivity contribution in [2.75, 3.05) is 11.9 Å². The summed E-state index contributed by atoms with van der Waals surface area (Å²) >= 11 is 0. The fourth-order valence-corrected chi connectivity index (χ4v) is 3.87. The van der Waals surface area contributed by atoms with Crippen molar-refractivity contribution in [2.24, 2.45) is 0 Å². The maximum atomic E-state index is 12.4. The molecule has 3 rings (SSSR count). The molecule has 1 aromatic heterocycles. The van der Waals surface area contributed by atoms with Gasteiger partial charge in [-0.2, -0.15) is 0 Å². The summed E-state index contributed by atoms with van der Waals surface area (Å²) in [5, 5.41) is 5.43. The van der Waals surface area contributed by atoms with E-state index in [1.54, 1.807) is 24.3 Å². The Morgan fingerprint density at radius 3 is 2.85 bits per heavy atom. The number of sulfonamides is 1. The molecule has 27 heavy (non-hydrogen) atoms. The average Bonchev–Trinajstić information content (AvgIpc) is 3.07. The molecule has 0 spiro atoms. The summed E-state index contributed by atoms with van der Waals surface area (Å²) in [4.78, 5) is 23.5. The molecule has 9 heteroatoms. The van der Waals surface area contributed by atoms with Gasteiger partial charge in [0.1, 0.15) is 5.76 Å². The van der Waals surface area contributed by atoms with Gasteiger partial charge in [-0.15, -0.1) is 0 Å². The van der Waals surface area contributed by atoms with Gasteiger partial charge in [0, 0.05) is 25.1 Å². The summed E-state index contributed by atoms with van der Waals surface area (Å²) in [6.07, 6.45) is 3.25. The van der Waals surface area contributed by atoms with Crippen molar-refractivity contribution in [3.05, 3.63) is 47.9 Å². The van der Waals surface area contributed by atoms with Crippen LogP contribution in [0.25, 0.3) is 0 Å². The third-order valence-electron chi connectivity index (χ3n) is 4.20. The van der Waals surface area contributed by atoms with Gasteiger partial charge in [-0.1, -0.05) is 0 Å². The normalized spacial score (nSPS) is 14.1. The van der Waals surface area contributed by atoms with Crippen LogP contribution in [0.1, 0.15) is 30.6 Å². The lowest BCUT2D eigenvalue weighted by molar-refractivity contribution is -0.121. The molecule has 2 heterocycles. The highest BCUT2D eigenvalue weighted by molar-refractivity contribution is 7.89. The molecule has 0 atom stereocenters. The van der Waals surface area contributed by atoms with E-state index in [4.69, 9.17) is 4.42 Å². The smallest absolute Gasteiger partial charge is 0.240 e. The molecular weight excluding hydrogens is 370 g/mol. The monoisotopic (exact) mass is 391 g/mol. The van der Waals surface area contributed by atoms with E-state index in [1.807, 2.05) is 0 Å². The van der Waals surface area contributed by atoms with E-state index < -0.39 is 10.0 Å². The molecule has 0 saturated heterocycles. The molecule has 0 radical (unpaired) electrons. The number of furan rings is 1. The number of benzene rings is 1. The summed E-state index contributed by atoms with van der Waals surface area (Å²) < 4.78 is 32.4. The number of carbonyl (C=O) groups is 2. The van der Waals surface area contributed by atoms with Gasteiger partial charge in [0.2, 0.25) is 21.8 Å². The molecule has 0 aliphatic carbocycles. The van der Waals surface area contributed by atoms with E-state index in [-0.39, 0.29) is 36.2 Å². The van der Waals surface area contributed by atoms with Crippen molar-refractivity contribution in [1.29, 1.82) is 0 Å². The standard InChI is InChI=1S/C18H21N3O5S/c22-17(19-12-14-4-2-10-26-14)8-9-20-27(24,25)15-6-7-16-13(11-15)3-1-5-18(23)21-16/h2,4,6-7,10-11,20H,1,3,5,8-9,12H2,(H,19,22)(H,21,23). The highest BCUT2D eigenvalue weighted by Crippen LogP contribution is 2.25. The van der Waals surface area contributed by atoms with Crippen LogP contribution in [-0.2, 0) is 32.6 Å². The van der Waals surface area contributed by atoms with E-state index in [0.29, 0.717) is 30.7 Å². The molecule has 144 valence electrons. The molecule has 1 aromatic carbocycles. The Hall–Kier alpha value is -2.65. The van der Waals surface area contributed by atoms with E-state index >= 15 is 0 Å². The fraction of sp³-hybridized carbons (Fsp3) is 0.333. The van der Waals surface area contributed by atoms with Crippen molar-refractivity contribution in [3.63, 3.8) is 0 Å². The third kappa shape index (κ3) is 5.18. The Kier molecular flexibility index (Phi) is 5.92. The maximum absolute atomic E-state index is 12.4. The van der Waals surface area contributed by atoms with Crippen LogP contribution >= 0.6 is 0 Å². The van der Waals surface area contributed by atoms with Crippen molar-refractivity contribution < 1.29 is 22.4 Å². The molecule has 1 aliphatic rings. The molecule has 0 bridgehead atoms. The number of amides is 2. The van der Waals surface area contributed by atoms with Gasteiger partial charge in [-0.3, -0.25) is 9.59 Å². The number of nitrogens with one attached hydrogen (secondary N) is 3. The van der Waals surface area contributed by atoms with Gasteiger partial charge in [0.05, 0.1) is 17.7 Å². The van der Waals surface area contributed by atoms with Crippen molar-refractivity contribution >= 4 is 27.5 Å². The van der Waals surface area contributed by atoms with E-state index in [0.717, 1.165) is 5.56 Å². The summed E-state index contributed by atoms with van der Waals surface area (Å²) in [5.74, 6) is 0.280. The number of anilines is 1. The second-order valence-electron chi connectivity index (χ2n) is 6.22. The summed E-state index contributed by atoms with van der Waals surface area (Å²) in [6, 6.07) is 8.08. The van der Waals surface area contributed by atoms with Crippen LogP contribution in [0.5, 0.6) is 0 Å². The number of aryl methyl sites for hydroxylation is 1. The first-order valence-corrected chi connectivity index (χ1v) is 10.1. The number of hydrogen-bond acceptors (Lipinski definition) is 5. The summed E-state index contributed by atoms with van der Waals surface area (Å²) in [7, 11) is -3.73. The van der Waals surface area contributed by atoms with Crippen molar-refractivity contribution in [1.82, 2.24) is 10.0 Å². The minimum Gasteiger partial charge on any atom is -0.467 e. The Balaban J connectivity index is 1.54. The maximum Gasteiger partial charge on any atom is 0.240 e. The Labute approximate surface area is 157 Å². The van der Waals surface area contributed by atoms with Crippen LogP contribution in [0.4, 0.5) is 5.69 Å². The van der Waals surface area contributed by atoms with E-state index in [1.165, 1.54) is 12.3 Å². The van der Waals surface area contributed by atoms with Gasteiger partial charge in [0.25, 0.3) is 0 Å². The zero-order chi connectivity index (χ0) is 19.3. The lowest BCUT2D eigenvalue weighted by atomic mass is 10.1. The molecule has 0 unspecified atom stereocenters. The second-order valence-corrected chi connectivity index (χ2v) is 7.99. The SMILES string of the molecule is O=C(CCNS(=O)(=O)c1ccc2c(c1)CCCC(=O)N2)NCc1ccco1. The fourth-order valence-electron chi connectivity index (χ4n) is 2.79. The second kappa shape index (κ2) is 8.36. The molecule has 1 aliphatic heterocycles. The zero-order valence-corrected chi connectivity index (χ0v) is 15.5. The van der Waals surface area contributed by atoms with Crippen LogP contribution < -0.4 is 15.4 Å². The number of carbonyl (C=O) groups excluding carboxylic acids is 2. The topological polar surface area (TPSA) is 118 Å². The Bertz CT molecular complexity index is 922. The first-order chi connectivity index (χ1) is 12.9. The van der Waals surface area contributed by atoms with Gasteiger partial charge >= 0.3 is 0 Å². The predicted octanol–water partition coefficient (Wildman–Crippen LogP) is 1.54. The minimum atomic E-state index is -3.73. The molecule has 2 amide bonds. The van der Waals surface area contributed by atoms with E-state index in [9.17, 15) is 18.0 Å². The zero-order valence-electron chi connectivity index (χ0n) is 14.7. The van der Waals surface area contributed by atoms with Crippen LogP contribution in [0.15, 0.2) is 45.9 Å². The number of fused-ring (bicyclic) bond motifs is 1. The molecule has 2 aromatic rings. The van der Waals surface area contributed by atoms with Crippen LogP contribution in [-0.4, -0.2) is 26.8 Å². The molecule has 3 N–H and O–H groups in total. The van der Waals surface area contributed by atoms with E-state index in [2.05, 4.69) is 15.4 Å². The van der Waals surface area contributed by atoms with Gasteiger partial charge in [0.15, 0.2) is 0 Å². The molecule has 0 fully saturated rings. The number of rotatable bonds is 7. The quantitative estimate of drug-likeness (QED) is 0.662.